The molecule has 0 heterocycles. The lowest BCUT2D eigenvalue weighted by Gasteiger charge is -2.20. The van der Waals surface area contributed by atoms with Gasteiger partial charge in [0.15, 0.2) is 6.10 Å². The van der Waals surface area contributed by atoms with Crippen LogP contribution in [0.5, 0.6) is 0 Å². The number of phosphoric ester groups is 1. The van der Waals surface area contributed by atoms with Crippen LogP contribution in [0.1, 0.15) is 232 Å². The Bertz CT molecular complexity index is 1040. The summed E-state index contributed by atoms with van der Waals surface area (Å²) in [4.78, 5) is 37.1. The molecule has 2 unspecified atom stereocenters. The number of carbonyl (C=O) groups excluding carboxylic acids is 2. The number of ether oxygens (including phenoxy) is 2. The van der Waals surface area contributed by atoms with E-state index >= 15 is 0 Å². The third kappa shape index (κ3) is 45.8. The molecule has 0 radical (unpaired) electrons. The summed E-state index contributed by atoms with van der Waals surface area (Å²) in [5, 5.41) is 0. The van der Waals surface area contributed by atoms with E-state index in [0.717, 1.165) is 51.4 Å². The Morgan fingerprint density at radius 2 is 0.864 bits per heavy atom. The number of hydrogen-bond donors (Lipinski definition) is 1. The fourth-order valence-corrected chi connectivity index (χ4v) is 7.65. The predicted molar refractivity (Wildman–Crippen MR) is 248 cm³/mol. The molecule has 0 spiro atoms. The highest BCUT2D eigenvalue weighted by atomic mass is 31.2. The number of rotatable bonds is 46. The molecule has 348 valence electrons. The van der Waals surface area contributed by atoms with Crippen LogP contribution in [0.3, 0.4) is 0 Å². The lowest BCUT2D eigenvalue weighted by molar-refractivity contribution is -0.161. The number of esters is 2. The number of phosphoric acid groups is 1. The molecule has 0 aromatic rings. The maximum Gasteiger partial charge on any atom is 0.472 e. The fourth-order valence-electron chi connectivity index (χ4n) is 6.91. The molecule has 0 bridgehead atoms. The largest absolute Gasteiger partial charge is 0.472 e. The van der Waals surface area contributed by atoms with Crippen LogP contribution in [0.4, 0.5) is 0 Å². The van der Waals surface area contributed by atoms with Gasteiger partial charge < -0.3 is 19.3 Å². The van der Waals surface area contributed by atoms with Crippen molar-refractivity contribution in [2.75, 3.05) is 40.5 Å². The summed E-state index contributed by atoms with van der Waals surface area (Å²) in [5.41, 5.74) is 0. The molecule has 9 nitrogen and oxygen atoms in total. The van der Waals surface area contributed by atoms with Gasteiger partial charge in [-0.1, -0.05) is 179 Å². The maximum absolute atomic E-state index is 12.7. The number of hydrogen-bond acceptors (Lipinski definition) is 8. The summed E-state index contributed by atoms with van der Waals surface area (Å²) in [5.74, 6) is -0.804. The van der Waals surface area contributed by atoms with Crippen LogP contribution in [0.15, 0.2) is 24.3 Å². The van der Waals surface area contributed by atoms with E-state index in [1.165, 1.54) is 148 Å². The Morgan fingerprint density at radius 3 is 1.25 bits per heavy atom. The van der Waals surface area contributed by atoms with Gasteiger partial charge >= 0.3 is 19.8 Å². The molecular weight excluding hydrogens is 762 g/mol. The van der Waals surface area contributed by atoms with Gasteiger partial charge in [-0.2, -0.15) is 0 Å². The highest BCUT2D eigenvalue weighted by Crippen LogP contribution is 2.43. The zero-order valence-corrected chi connectivity index (χ0v) is 39.9. The standard InChI is InChI=1S/C49H94NO8P/c1-5-7-9-11-13-15-17-19-21-22-23-24-25-26-28-29-31-33-35-37-39-41-48(51)55-45-47(46-57-59(53,54)56-44-43-50(3)4)58-49(52)42-40-38-36-34-32-30-27-20-18-16-14-12-10-8-6-2/h19-21,27,47H,5-18,22-26,28-46H2,1-4H3,(H,53,54)/b21-19-,27-20-. The van der Waals surface area contributed by atoms with Crippen molar-refractivity contribution in [3.05, 3.63) is 24.3 Å². The summed E-state index contributed by atoms with van der Waals surface area (Å²) in [6, 6.07) is 0. The first kappa shape index (κ1) is 57.5. The number of likely N-dealkylation sites (N-methyl/N-ethyl adjacent to an activating group) is 1. The zero-order valence-electron chi connectivity index (χ0n) is 39.0. The van der Waals surface area contributed by atoms with E-state index in [1.54, 1.807) is 0 Å². The van der Waals surface area contributed by atoms with E-state index in [4.69, 9.17) is 18.5 Å². The van der Waals surface area contributed by atoms with Gasteiger partial charge in [-0.3, -0.25) is 18.6 Å². The van der Waals surface area contributed by atoms with E-state index < -0.39 is 26.5 Å². The zero-order chi connectivity index (χ0) is 43.3. The van der Waals surface area contributed by atoms with Gasteiger partial charge in [-0.25, -0.2) is 4.57 Å². The monoisotopic (exact) mass is 856 g/mol. The molecule has 2 atom stereocenters. The van der Waals surface area contributed by atoms with E-state index in [1.807, 2.05) is 19.0 Å². The summed E-state index contributed by atoms with van der Waals surface area (Å²) in [7, 11) is -0.710. The van der Waals surface area contributed by atoms with E-state index in [9.17, 15) is 19.0 Å². The van der Waals surface area contributed by atoms with Crippen LogP contribution >= 0.6 is 7.82 Å². The second kappa shape index (κ2) is 44.5. The minimum Gasteiger partial charge on any atom is -0.462 e. The quantitative estimate of drug-likeness (QED) is 0.0277. The summed E-state index contributed by atoms with van der Waals surface area (Å²) >= 11 is 0. The third-order valence-corrected chi connectivity index (χ3v) is 11.7. The van der Waals surface area contributed by atoms with Gasteiger partial charge in [-0.05, 0) is 78.3 Å². The van der Waals surface area contributed by atoms with Crippen LogP contribution in [0.25, 0.3) is 0 Å². The van der Waals surface area contributed by atoms with Crippen molar-refractivity contribution in [1.29, 1.82) is 0 Å². The van der Waals surface area contributed by atoms with Gasteiger partial charge in [0.1, 0.15) is 6.61 Å². The topological polar surface area (TPSA) is 112 Å². The molecule has 0 fully saturated rings. The van der Waals surface area contributed by atoms with Gasteiger partial charge in [0, 0.05) is 19.4 Å². The van der Waals surface area contributed by atoms with Gasteiger partial charge in [0.25, 0.3) is 0 Å². The molecule has 1 N–H and O–H groups in total. The molecule has 0 amide bonds. The van der Waals surface area contributed by atoms with Crippen molar-refractivity contribution in [1.82, 2.24) is 4.90 Å². The molecule has 0 aromatic heterocycles. The first-order chi connectivity index (χ1) is 28.7. The Balaban J connectivity index is 4.17. The molecule has 0 saturated heterocycles. The number of nitrogens with zero attached hydrogens (tertiary/aromatic N) is 1. The minimum absolute atomic E-state index is 0.00732. The van der Waals surface area contributed by atoms with Crippen molar-refractivity contribution < 1.29 is 37.6 Å². The van der Waals surface area contributed by atoms with E-state index in [-0.39, 0.29) is 32.0 Å². The van der Waals surface area contributed by atoms with Crippen molar-refractivity contribution in [3.8, 4) is 0 Å². The molecule has 0 aliphatic carbocycles. The first-order valence-corrected chi connectivity index (χ1v) is 26.1. The van der Waals surface area contributed by atoms with Crippen LogP contribution in [-0.2, 0) is 32.7 Å². The summed E-state index contributed by atoms with van der Waals surface area (Å²) < 4.78 is 33.6. The number of carbonyl (C=O) groups is 2. The van der Waals surface area contributed by atoms with Crippen molar-refractivity contribution in [2.24, 2.45) is 0 Å². The second-order valence-corrected chi connectivity index (χ2v) is 18.4. The lowest BCUT2D eigenvalue weighted by atomic mass is 10.0. The van der Waals surface area contributed by atoms with Gasteiger partial charge in [0.2, 0.25) is 0 Å². The van der Waals surface area contributed by atoms with E-state index in [2.05, 4.69) is 38.2 Å². The third-order valence-electron chi connectivity index (χ3n) is 10.7. The molecule has 10 heteroatoms. The van der Waals surface area contributed by atoms with Crippen LogP contribution in [-0.4, -0.2) is 68.3 Å². The van der Waals surface area contributed by atoms with Crippen molar-refractivity contribution >= 4 is 19.8 Å². The minimum atomic E-state index is -4.36. The average molecular weight is 856 g/mol. The average Bonchev–Trinajstić information content (AvgIpc) is 3.20. The van der Waals surface area contributed by atoms with Crippen molar-refractivity contribution in [3.63, 3.8) is 0 Å². The first-order valence-electron chi connectivity index (χ1n) is 24.6. The Hall–Kier alpha value is -1.51. The molecule has 0 rings (SSSR count). The predicted octanol–water partition coefficient (Wildman–Crippen LogP) is 14.6. The highest BCUT2D eigenvalue weighted by molar-refractivity contribution is 7.47. The Labute approximate surface area is 364 Å². The molecule has 0 aliphatic rings. The molecular formula is C49H94NO8P. The number of allylic oxidation sites excluding steroid dienone is 4. The number of unbranched alkanes of at least 4 members (excludes halogenated alkanes) is 28. The Kier molecular flexibility index (Phi) is 43.4. The lowest BCUT2D eigenvalue weighted by Crippen LogP contribution is -2.29. The van der Waals surface area contributed by atoms with Crippen LogP contribution in [0.2, 0.25) is 0 Å². The van der Waals surface area contributed by atoms with Crippen LogP contribution in [0, 0.1) is 0 Å². The molecule has 0 aromatic carbocycles. The van der Waals surface area contributed by atoms with Crippen LogP contribution < -0.4 is 0 Å². The maximum atomic E-state index is 12.7. The normalized spacial score (nSPS) is 13.5. The van der Waals surface area contributed by atoms with Gasteiger partial charge in [0.05, 0.1) is 13.2 Å². The summed E-state index contributed by atoms with van der Waals surface area (Å²) in [6.45, 7) is 4.33. The second-order valence-electron chi connectivity index (χ2n) is 17.0. The Morgan fingerprint density at radius 1 is 0.508 bits per heavy atom. The highest BCUT2D eigenvalue weighted by Gasteiger charge is 2.26. The SMILES string of the molecule is CCCCCCCC/C=C\CCCCCCCCCCCCCC(=O)OCC(COP(=O)(O)OCCN(C)C)OC(=O)CCCCCCC/C=C\CCCCCCCC. The molecule has 59 heavy (non-hydrogen) atoms. The summed E-state index contributed by atoms with van der Waals surface area (Å²) in [6.07, 6.45) is 48.0. The molecule has 0 aliphatic heterocycles. The molecule has 0 saturated carbocycles. The smallest absolute Gasteiger partial charge is 0.462 e. The van der Waals surface area contributed by atoms with Gasteiger partial charge in [-0.15, -0.1) is 0 Å². The fraction of sp³-hybridized carbons (Fsp3) is 0.878. The van der Waals surface area contributed by atoms with Crippen molar-refractivity contribution in [2.45, 2.75) is 238 Å². The van der Waals surface area contributed by atoms with E-state index in [0.29, 0.717) is 13.0 Å².